The van der Waals surface area contributed by atoms with Crippen LogP contribution in [0.1, 0.15) is 23.7 Å². The highest BCUT2D eigenvalue weighted by Gasteiger charge is 2.28. The number of ether oxygens (including phenoxy) is 1. The Labute approximate surface area is 219 Å². The van der Waals surface area contributed by atoms with Gasteiger partial charge in [0.2, 0.25) is 11.9 Å². The first-order chi connectivity index (χ1) is 18.1. The van der Waals surface area contributed by atoms with E-state index >= 15 is 0 Å². The molecule has 37 heavy (non-hydrogen) atoms. The molecular weight excluding hydrogens is 464 g/mol. The lowest BCUT2D eigenvalue weighted by Gasteiger charge is -2.37. The van der Waals surface area contributed by atoms with Gasteiger partial charge in [0, 0.05) is 64.0 Å². The van der Waals surface area contributed by atoms with Crippen molar-refractivity contribution >= 4 is 23.4 Å². The van der Waals surface area contributed by atoms with Crippen LogP contribution in [-0.4, -0.2) is 74.2 Å². The molecule has 0 aliphatic carbocycles. The van der Waals surface area contributed by atoms with Gasteiger partial charge in [0.1, 0.15) is 11.6 Å². The van der Waals surface area contributed by atoms with Gasteiger partial charge >= 0.3 is 0 Å². The fraction of sp³-hybridized carbons (Fsp3) is 0.414. The van der Waals surface area contributed by atoms with Crippen molar-refractivity contribution in [2.24, 2.45) is 0 Å². The normalized spacial score (nSPS) is 15.4. The van der Waals surface area contributed by atoms with E-state index in [1.807, 2.05) is 29.2 Å². The Hall–Kier alpha value is -3.81. The predicted molar refractivity (Wildman–Crippen MR) is 148 cm³/mol. The van der Waals surface area contributed by atoms with Crippen LogP contribution in [0.5, 0.6) is 5.75 Å². The largest absolute Gasteiger partial charge is 0.497 e. The summed E-state index contributed by atoms with van der Waals surface area (Å²) in [5, 5.41) is 0. The molecule has 0 radical (unpaired) electrons. The van der Waals surface area contributed by atoms with E-state index in [9.17, 15) is 4.79 Å². The number of piperazine rings is 1. The maximum atomic E-state index is 13.2. The van der Waals surface area contributed by atoms with Crippen LogP contribution in [0.4, 0.5) is 17.5 Å². The monoisotopic (exact) mass is 500 g/mol. The Morgan fingerprint density at radius 2 is 1.73 bits per heavy atom. The summed E-state index contributed by atoms with van der Waals surface area (Å²) in [5.74, 6) is 2.63. The smallest absolute Gasteiger partial charge is 0.227 e. The zero-order valence-electron chi connectivity index (χ0n) is 22.1. The third kappa shape index (κ3) is 5.48. The van der Waals surface area contributed by atoms with Gasteiger partial charge in [0.05, 0.1) is 25.8 Å². The average molecular weight is 501 g/mol. The number of benzene rings is 2. The van der Waals surface area contributed by atoms with Crippen LogP contribution in [0.3, 0.4) is 0 Å². The zero-order chi connectivity index (χ0) is 25.8. The molecule has 1 amide bonds. The number of anilines is 3. The van der Waals surface area contributed by atoms with E-state index in [-0.39, 0.29) is 5.91 Å². The molecule has 0 atom stereocenters. The van der Waals surface area contributed by atoms with Crippen LogP contribution in [0.15, 0.2) is 54.6 Å². The number of fused-ring (bicyclic) bond motifs is 1. The first kappa shape index (κ1) is 24.9. The molecule has 8 nitrogen and oxygen atoms in total. The lowest BCUT2D eigenvalue weighted by molar-refractivity contribution is -0.131. The predicted octanol–water partition coefficient (Wildman–Crippen LogP) is 3.40. The van der Waals surface area contributed by atoms with Gasteiger partial charge in [-0.15, -0.1) is 0 Å². The molecule has 2 aromatic carbocycles. The van der Waals surface area contributed by atoms with Crippen molar-refractivity contribution in [3.05, 3.63) is 71.4 Å². The van der Waals surface area contributed by atoms with Crippen LogP contribution >= 0.6 is 0 Å². The van der Waals surface area contributed by atoms with E-state index in [4.69, 9.17) is 14.7 Å². The summed E-state index contributed by atoms with van der Waals surface area (Å²) in [6.07, 6.45) is 1.10. The summed E-state index contributed by atoms with van der Waals surface area (Å²) in [6, 6.07) is 18.3. The zero-order valence-corrected chi connectivity index (χ0v) is 22.1. The minimum atomic E-state index is 0.116. The summed E-state index contributed by atoms with van der Waals surface area (Å²) in [6.45, 7) is 7.82. The first-order valence-electron chi connectivity index (χ1n) is 13.1. The van der Waals surface area contributed by atoms with Gasteiger partial charge in [-0.1, -0.05) is 30.3 Å². The molecule has 5 rings (SSSR count). The van der Waals surface area contributed by atoms with Crippen LogP contribution in [0.2, 0.25) is 0 Å². The minimum absolute atomic E-state index is 0.116. The van der Waals surface area contributed by atoms with Gasteiger partial charge in [-0.05, 0) is 36.8 Å². The molecule has 1 fully saturated rings. The number of nitrogens with zero attached hydrogens (tertiary/aromatic N) is 6. The lowest BCUT2D eigenvalue weighted by atomic mass is 10.0. The van der Waals surface area contributed by atoms with Gasteiger partial charge in [-0.25, -0.2) is 4.98 Å². The van der Waals surface area contributed by atoms with E-state index in [1.165, 1.54) is 5.69 Å². The fourth-order valence-electron chi connectivity index (χ4n) is 5.08. The first-order valence-corrected chi connectivity index (χ1v) is 13.1. The Kier molecular flexibility index (Phi) is 7.44. The number of amides is 1. The van der Waals surface area contributed by atoms with E-state index in [0.717, 1.165) is 73.5 Å². The molecule has 2 aliphatic rings. The van der Waals surface area contributed by atoms with Gasteiger partial charge in [-0.3, -0.25) is 4.79 Å². The molecule has 2 aliphatic heterocycles. The minimum Gasteiger partial charge on any atom is -0.497 e. The second-order valence-electron chi connectivity index (χ2n) is 9.69. The maximum Gasteiger partial charge on any atom is 0.227 e. The molecule has 3 aromatic rings. The van der Waals surface area contributed by atoms with E-state index in [1.54, 1.807) is 7.11 Å². The van der Waals surface area contributed by atoms with Crippen LogP contribution < -0.4 is 19.4 Å². The molecule has 3 heterocycles. The number of carbonyl (C=O) groups excluding carboxylic acids is 1. The van der Waals surface area contributed by atoms with Crippen molar-refractivity contribution in [1.82, 2.24) is 14.9 Å². The number of hydrogen-bond acceptors (Lipinski definition) is 7. The molecule has 0 unspecified atom stereocenters. The van der Waals surface area contributed by atoms with Crippen LogP contribution in [0.25, 0.3) is 0 Å². The van der Waals surface area contributed by atoms with Crippen molar-refractivity contribution in [2.75, 3.05) is 68.1 Å². The Balaban J connectivity index is 1.32. The Morgan fingerprint density at radius 3 is 2.46 bits per heavy atom. The van der Waals surface area contributed by atoms with Crippen molar-refractivity contribution in [3.63, 3.8) is 0 Å². The second-order valence-corrected chi connectivity index (χ2v) is 9.69. The fourth-order valence-corrected chi connectivity index (χ4v) is 5.08. The van der Waals surface area contributed by atoms with Crippen molar-refractivity contribution in [1.29, 1.82) is 0 Å². The molecule has 194 valence electrons. The molecule has 1 saturated heterocycles. The van der Waals surface area contributed by atoms with Crippen molar-refractivity contribution in [3.8, 4) is 5.75 Å². The Bertz CT molecular complexity index is 1230. The van der Waals surface area contributed by atoms with Crippen molar-refractivity contribution in [2.45, 2.75) is 26.3 Å². The molecule has 0 N–H and O–H groups in total. The quantitative estimate of drug-likeness (QED) is 0.493. The Morgan fingerprint density at radius 1 is 0.973 bits per heavy atom. The molecule has 0 spiro atoms. The highest BCUT2D eigenvalue weighted by atomic mass is 16.5. The summed E-state index contributed by atoms with van der Waals surface area (Å²) in [4.78, 5) is 32.1. The molecule has 8 heteroatoms. The molecular formula is C29H36N6O2. The maximum absolute atomic E-state index is 13.2. The summed E-state index contributed by atoms with van der Waals surface area (Å²) in [7, 11) is 3.71. The van der Waals surface area contributed by atoms with Gasteiger partial charge < -0.3 is 24.3 Å². The van der Waals surface area contributed by atoms with E-state index < -0.39 is 0 Å². The summed E-state index contributed by atoms with van der Waals surface area (Å²) >= 11 is 0. The summed E-state index contributed by atoms with van der Waals surface area (Å²) in [5.41, 5.74) is 4.36. The van der Waals surface area contributed by atoms with E-state index in [2.05, 4.69) is 59.0 Å². The number of carbonyl (C=O) groups is 1. The van der Waals surface area contributed by atoms with E-state index in [0.29, 0.717) is 19.5 Å². The molecule has 1 aromatic heterocycles. The third-order valence-corrected chi connectivity index (χ3v) is 7.39. The molecule has 0 saturated carbocycles. The average Bonchev–Trinajstić information content (AvgIpc) is 2.96. The highest BCUT2D eigenvalue weighted by Crippen LogP contribution is 2.30. The number of para-hydroxylation sites is 1. The SMILES string of the molecule is CCN(C)c1nc(N2CCN(c3ccccc3)CC2)nc2c1CN(C(=O)Cc1cccc(OC)c1)CC2. The lowest BCUT2D eigenvalue weighted by Crippen LogP contribution is -2.47. The number of methoxy groups -OCH3 is 1. The standard InChI is InChI=1S/C29H36N6O2/c1-4-32(2)28-25-21-35(27(36)20-22-9-8-12-24(19-22)37-3)14-13-26(25)30-29(31-28)34-17-15-33(16-18-34)23-10-6-5-7-11-23/h5-12,19H,4,13-18,20-21H2,1-3H3. The van der Waals surface area contributed by atoms with Crippen LogP contribution in [-0.2, 0) is 24.2 Å². The highest BCUT2D eigenvalue weighted by molar-refractivity contribution is 5.79. The van der Waals surface area contributed by atoms with Gasteiger partial charge in [0.15, 0.2) is 0 Å². The van der Waals surface area contributed by atoms with Gasteiger partial charge in [0.25, 0.3) is 0 Å². The second kappa shape index (κ2) is 11.1. The topological polar surface area (TPSA) is 65.0 Å². The number of hydrogen-bond donors (Lipinski definition) is 0. The molecule has 0 bridgehead atoms. The number of rotatable bonds is 7. The van der Waals surface area contributed by atoms with Crippen molar-refractivity contribution < 1.29 is 9.53 Å². The van der Waals surface area contributed by atoms with Crippen LogP contribution in [0, 0.1) is 0 Å². The van der Waals surface area contributed by atoms with Gasteiger partial charge in [-0.2, -0.15) is 4.98 Å². The third-order valence-electron chi connectivity index (χ3n) is 7.39. The number of aromatic nitrogens is 2. The summed E-state index contributed by atoms with van der Waals surface area (Å²) < 4.78 is 5.32.